The van der Waals surface area contributed by atoms with Gasteiger partial charge in [-0.25, -0.2) is 0 Å². The summed E-state index contributed by atoms with van der Waals surface area (Å²) in [7, 11) is 0. The molecule has 4 atom stereocenters. The van der Waals surface area contributed by atoms with Crippen LogP contribution in [-0.4, -0.2) is 29.8 Å². The summed E-state index contributed by atoms with van der Waals surface area (Å²) in [6, 6.07) is 9.61. The first-order chi connectivity index (χ1) is 16.0. The number of hydrogen-bond acceptors (Lipinski definition) is 6. The van der Waals surface area contributed by atoms with Gasteiger partial charge in [0.1, 0.15) is 12.4 Å². The Bertz CT molecular complexity index is 1190. The third-order valence-corrected chi connectivity index (χ3v) is 8.21. The molecule has 2 amide bonds. The van der Waals surface area contributed by atoms with Crippen molar-refractivity contribution in [1.29, 1.82) is 0 Å². The minimum atomic E-state index is -0.239. The lowest BCUT2D eigenvalue weighted by atomic mass is 9.85. The average molecular weight is 668 g/mol. The van der Waals surface area contributed by atoms with Crippen molar-refractivity contribution in [1.82, 2.24) is 5.01 Å². The zero-order valence-corrected chi connectivity index (χ0v) is 21.6. The van der Waals surface area contributed by atoms with E-state index in [4.69, 9.17) is 14.2 Å². The minimum Gasteiger partial charge on any atom is -0.487 e. The molecule has 9 heteroatoms. The third kappa shape index (κ3) is 3.63. The minimum absolute atomic E-state index is 0.175. The van der Waals surface area contributed by atoms with Crippen LogP contribution in [0.1, 0.15) is 17.5 Å². The molecule has 2 aliphatic heterocycles. The third-order valence-electron chi connectivity index (χ3n) is 6.61. The Hall–Kier alpha value is -2.15. The van der Waals surface area contributed by atoms with Gasteiger partial charge in [0.15, 0.2) is 11.5 Å². The van der Waals surface area contributed by atoms with Crippen LogP contribution in [0.2, 0.25) is 0 Å². The summed E-state index contributed by atoms with van der Waals surface area (Å²) in [6.07, 6.45) is 6.65. The van der Waals surface area contributed by atoms with Crippen LogP contribution in [0.15, 0.2) is 47.6 Å². The van der Waals surface area contributed by atoms with Crippen LogP contribution in [0.5, 0.6) is 17.2 Å². The Labute approximate surface area is 217 Å². The molecule has 2 aromatic rings. The van der Waals surface area contributed by atoms with E-state index in [-0.39, 0.29) is 42.3 Å². The lowest BCUT2D eigenvalue weighted by molar-refractivity contribution is -0.140. The molecule has 2 aliphatic carbocycles. The van der Waals surface area contributed by atoms with Crippen LogP contribution in [0.4, 0.5) is 0 Å². The van der Waals surface area contributed by atoms with Crippen LogP contribution in [0.3, 0.4) is 0 Å². The lowest BCUT2D eigenvalue weighted by Crippen LogP contribution is -2.28. The summed E-state index contributed by atoms with van der Waals surface area (Å²) in [5.74, 6) is 1.78. The molecular formula is C24H18I2N2O5. The van der Waals surface area contributed by atoms with Gasteiger partial charge in [0.05, 0.1) is 25.2 Å². The fourth-order valence-corrected chi connectivity index (χ4v) is 7.23. The number of allylic oxidation sites excluding steroid dienone is 2. The highest BCUT2D eigenvalue weighted by atomic mass is 127. The van der Waals surface area contributed by atoms with Crippen molar-refractivity contribution in [3.8, 4) is 17.2 Å². The fourth-order valence-electron chi connectivity index (χ4n) is 5.10. The van der Waals surface area contributed by atoms with Crippen molar-refractivity contribution < 1.29 is 23.8 Å². The molecule has 0 N–H and O–H groups in total. The fraction of sp³-hybridized carbons (Fsp3) is 0.292. The van der Waals surface area contributed by atoms with Gasteiger partial charge in [-0.1, -0.05) is 18.2 Å². The molecule has 168 valence electrons. The summed E-state index contributed by atoms with van der Waals surface area (Å²) in [5.41, 5.74) is 1.79. The van der Waals surface area contributed by atoms with Crippen molar-refractivity contribution in [2.45, 2.75) is 13.0 Å². The maximum Gasteiger partial charge on any atom is 0.254 e. The van der Waals surface area contributed by atoms with E-state index in [0.717, 1.165) is 46.9 Å². The standard InChI is InChI=1S/C24H18I2N2O5/c25-16-5-13(9-27-28-23(29)20-14-2-3-15(8-14)21(20)24(28)30)6-17(26)22(16)31-10-12-1-4-18-19(7-12)33-11-32-18/h1-7,9,14-15,20-21H,8,10-11H2/t14-,15-,20-,21+/m0/s1. The first-order valence-electron chi connectivity index (χ1n) is 10.6. The molecular weight excluding hydrogens is 650 g/mol. The van der Waals surface area contributed by atoms with Crippen LogP contribution in [0, 0.1) is 30.8 Å². The van der Waals surface area contributed by atoms with Gasteiger partial charge < -0.3 is 14.2 Å². The zero-order chi connectivity index (χ0) is 22.7. The predicted octanol–water partition coefficient (Wildman–Crippen LogP) is 4.34. The van der Waals surface area contributed by atoms with E-state index in [0.29, 0.717) is 6.61 Å². The van der Waals surface area contributed by atoms with Gasteiger partial charge in [-0.15, -0.1) is 0 Å². The molecule has 2 heterocycles. The number of carbonyl (C=O) groups is 2. The summed E-state index contributed by atoms with van der Waals surface area (Å²) in [5, 5.41) is 5.36. The molecule has 7 nitrogen and oxygen atoms in total. The number of ether oxygens (including phenoxy) is 3. The Balaban J connectivity index is 1.16. The number of imide groups is 1. The van der Waals surface area contributed by atoms with E-state index in [1.807, 2.05) is 30.3 Å². The van der Waals surface area contributed by atoms with Crippen molar-refractivity contribution in [3.05, 3.63) is 60.8 Å². The van der Waals surface area contributed by atoms with Crippen LogP contribution in [0.25, 0.3) is 0 Å². The highest BCUT2D eigenvalue weighted by Crippen LogP contribution is 2.52. The maximum absolute atomic E-state index is 12.8. The van der Waals surface area contributed by atoms with E-state index in [2.05, 4.69) is 62.4 Å². The molecule has 2 fully saturated rings. The lowest BCUT2D eigenvalue weighted by Gasteiger charge is -2.13. The van der Waals surface area contributed by atoms with Crippen LogP contribution in [-0.2, 0) is 16.2 Å². The molecule has 1 saturated heterocycles. The molecule has 0 spiro atoms. The highest BCUT2D eigenvalue weighted by Gasteiger charge is 2.59. The van der Waals surface area contributed by atoms with Gasteiger partial charge in [0.25, 0.3) is 11.8 Å². The number of hydrazone groups is 1. The predicted molar refractivity (Wildman–Crippen MR) is 136 cm³/mol. The molecule has 6 rings (SSSR count). The Kier molecular flexibility index (Phi) is 5.35. The molecule has 0 aromatic heterocycles. The second kappa shape index (κ2) is 8.26. The van der Waals surface area contributed by atoms with Gasteiger partial charge in [0, 0.05) is 0 Å². The largest absolute Gasteiger partial charge is 0.487 e. The number of hydrogen-bond donors (Lipinski definition) is 0. The number of fused-ring (bicyclic) bond motifs is 6. The molecule has 2 aromatic carbocycles. The monoisotopic (exact) mass is 668 g/mol. The second-order valence-electron chi connectivity index (χ2n) is 8.52. The average Bonchev–Trinajstić information content (AvgIpc) is 3.56. The van der Waals surface area contributed by atoms with Gasteiger partial charge in [-0.2, -0.15) is 10.1 Å². The molecule has 2 bridgehead atoms. The number of nitrogens with zero attached hydrogens (tertiary/aromatic N) is 2. The number of amides is 2. The second-order valence-corrected chi connectivity index (χ2v) is 10.8. The van der Waals surface area contributed by atoms with Gasteiger partial charge in [0.2, 0.25) is 6.79 Å². The Morgan fingerprint density at radius 2 is 1.67 bits per heavy atom. The zero-order valence-electron chi connectivity index (χ0n) is 17.2. The van der Waals surface area contributed by atoms with E-state index < -0.39 is 0 Å². The smallest absolute Gasteiger partial charge is 0.254 e. The van der Waals surface area contributed by atoms with E-state index >= 15 is 0 Å². The first kappa shape index (κ1) is 21.4. The number of benzene rings is 2. The molecule has 1 saturated carbocycles. The van der Waals surface area contributed by atoms with E-state index in [1.54, 1.807) is 6.21 Å². The van der Waals surface area contributed by atoms with Gasteiger partial charge in [-0.3, -0.25) is 9.59 Å². The normalized spacial score (nSPS) is 26.7. The summed E-state index contributed by atoms with van der Waals surface area (Å²) in [4.78, 5) is 25.6. The highest BCUT2D eigenvalue weighted by molar-refractivity contribution is 14.1. The maximum atomic E-state index is 12.8. The summed E-state index contributed by atoms with van der Waals surface area (Å²) >= 11 is 4.45. The quantitative estimate of drug-likeness (QED) is 0.205. The first-order valence-corrected chi connectivity index (χ1v) is 12.8. The summed E-state index contributed by atoms with van der Waals surface area (Å²) < 4.78 is 18.7. The molecule has 4 aliphatic rings. The summed E-state index contributed by atoms with van der Waals surface area (Å²) in [6.45, 7) is 0.637. The van der Waals surface area contributed by atoms with Crippen LogP contribution >= 0.6 is 45.2 Å². The SMILES string of the molecule is O=C1[C@@H]2[C@H](C(=O)N1N=Cc1cc(I)c(OCc3ccc4c(c3)OCO4)c(I)c1)[C@H]1C=C[C@H]2C1. The Morgan fingerprint density at radius 1 is 1.00 bits per heavy atom. The van der Waals surface area contributed by atoms with Crippen LogP contribution < -0.4 is 14.2 Å². The molecule has 33 heavy (non-hydrogen) atoms. The number of halogens is 2. The van der Waals surface area contributed by atoms with E-state index in [1.165, 1.54) is 0 Å². The topological polar surface area (TPSA) is 77.4 Å². The van der Waals surface area contributed by atoms with Crippen molar-refractivity contribution in [2.75, 3.05) is 6.79 Å². The van der Waals surface area contributed by atoms with E-state index in [9.17, 15) is 9.59 Å². The van der Waals surface area contributed by atoms with Crippen molar-refractivity contribution in [2.24, 2.45) is 28.8 Å². The van der Waals surface area contributed by atoms with Crippen molar-refractivity contribution >= 4 is 63.2 Å². The van der Waals surface area contributed by atoms with Gasteiger partial charge in [-0.05, 0) is 98.8 Å². The molecule has 0 radical (unpaired) electrons. The molecule has 0 unspecified atom stereocenters. The number of rotatable bonds is 5. The van der Waals surface area contributed by atoms with Gasteiger partial charge >= 0.3 is 0 Å². The Morgan fingerprint density at radius 3 is 2.36 bits per heavy atom. The van der Waals surface area contributed by atoms with Crippen molar-refractivity contribution in [3.63, 3.8) is 0 Å². The number of carbonyl (C=O) groups excluding carboxylic acids is 2.